The minimum absolute atomic E-state index is 0.448. The number of benzene rings is 1. The van der Waals surface area contributed by atoms with Crippen LogP contribution >= 0.6 is 11.3 Å². The summed E-state index contributed by atoms with van der Waals surface area (Å²) in [6, 6.07) is 11.2. The van der Waals surface area contributed by atoms with E-state index in [1.54, 1.807) is 11.3 Å². The molecule has 1 atom stereocenters. The quantitative estimate of drug-likeness (QED) is 0.931. The monoisotopic (exact) mass is 273 g/mol. The number of thiazole rings is 1. The van der Waals surface area contributed by atoms with Crippen LogP contribution in [0.4, 0.5) is 0 Å². The Kier molecular flexibility index (Phi) is 3.92. The zero-order chi connectivity index (χ0) is 13.1. The van der Waals surface area contributed by atoms with E-state index in [9.17, 15) is 0 Å². The Morgan fingerprint density at radius 2 is 2.21 bits per heavy atom. The first-order chi connectivity index (χ1) is 9.31. The summed E-state index contributed by atoms with van der Waals surface area (Å²) in [6.07, 6.45) is 2.01. The highest BCUT2D eigenvalue weighted by molar-refractivity contribution is 7.11. The Bertz CT molecular complexity index is 523. The lowest BCUT2D eigenvalue weighted by Crippen LogP contribution is -2.45. The van der Waals surface area contributed by atoms with Crippen molar-refractivity contribution in [3.8, 4) is 0 Å². The van der Waals surface area contributed by atoms with Crippen molar-refractivity contribution < 1.29 is 0 Å². The molecule has 1 unspecified atom stereocenters. The first kappa shape index (κ1) is 12.8. The van der Waals surface area contributed by atoms with E-state index in [4.69, 9.17) is 0 Å². The minimum atomic E-state index is 0.448. The molecule has 100 valence electrons. The van der Waals surface area contributed by atoms with Crippen molar-refractivity contribution in [3.05, 3.63) is 52.0 Å². The average molecular weight is 273 g/mol. The van der Waals surface area contributed by atoms with Crippen LogP contribution in [-0.4, -0.2) is 29.5 Å². The van der Waals surface area contributed by atoms with Crippen molar-refractivity contribution in [1.29, 1.82) is 0 Å². The third kappa shape index (κ3) is 3.21. The van der Waals surface area contributed by atoms with Gasteiger partial charge in [0.2, 0.25) is 0 Å². The highest BCUT2D eigenvalue weighted by atomic mass is 32.1. The molecule has 0 saturated carbocycles. The van der Waals surface area contributed by atoms with Crippen molar-refractivity contribution >= 4 is 11.3 Å². The number of aromatic nitrogens is 1. The van der Waals surface area contributed by atoms with Crippen molar-refractivity contribution in [2.24, 2.45) is 0 Å². The van der Waals surface area contributed by atoms with Crippen LogP contribution in [0.15, 0.2) is 36.5 Å². The number of hydrogen-bond donors (Lipinski definition) is 1. The van der Waals surface area contributed by atoms with Gasteiger partial charge in [-0.2, -0.15) is 0 Å². The Balaban J connectivity index is 1.65. The van der Waals surface area contributed by atoms with Crippen molar-refractivity contribution in [1.82, 2.24) is 15.2 Å². The van der Waals surface area contributed by atoms with Gasteiger partial charge >= 0.3 is 0 Å². The maximum atomic E-state index is 4.34. The summed E-state index contributed by atoms with van der Waals surface area (Å²) in [7, 11) is 0. The fourth-order valence-corrected chi connectivity index (χ4v) is 3.40. The van der Waals surface area contributed by atoms with E-state index in [2.05, 4.69) is 52.5 Å². The van der Waals surface area contributed by atoms with Gasteiger partial charge in [0, 0.05) is 43.3 Å². The van der Waals surface area contributed by atoms with Crippen LogP contribution in [0.25, 0.3) is 0 Å². The molecule has 0 radical (unpaired) electrons. The number of hydrogen-bond acceptors (Lipinski definition) is 4. The minimum Gasteiger partial charge on any atom is -0.308 e. The lowest BCUT2D eigenvalue weighted by atomic mass is 10.0. The van der Waals surface area contributed by atoms with Crippen LogP contribution in [0.1, 0.15) is 21.5 Å². The Morgan fingerprint density at radius 1 is 1.37 bits per heavy atom. The Hall–Kier alpha value is -1.23. The molecule has 3 nitrogen and oxygen atoms in total. The van der Waals surface area contributed by atoms with Crippen molar-refractivity contribution in [3.63, 3.8) is 0 Å². The summed E-state index contributed by atoms with van der Waals surface area (Å²) in [6.45, 7) is 6.33. The molecule has 1 aliphatic rings. The number of nitrogens with zero attached hydrogens (tertiary/aromatic N) is 2. The summed E-state index contributed by atoms with van der Waals surface area (Å²) >= 11 is 1.81. The molecule has 2 heterocycles. The maximum Gasteiger partial charge on any atom is 0.0897 e. The van der Waals surface area contributed by atoms with Crippen LogP contribution in [0.2, 0.25) is 0 Å². The first-order valence-corrected chi connectivity index (χ1v) is 7.55. The van der Waals surface area contributed by atoms with Gasteiger partial charge in [0.15, 0.2) is 0 Å². The van der Waals surface area contributed by atoms with Gasteiger partial charge in [-0.3, -0.25) is 4.90 Å². The third-order valence-corrected chi connectivity index (χ3v) is 4.41. The normalized spacial score (nSPS) is 20.6. The molecule has 0 spiro atoms. The second-order valence-electron chi connectivity index (χ2n) is 5.00. The van der Waals surface area contributed by atoms with Gasteiger partial charge in [-0.15, -0.1) is 11.3 Å². The number of aryl methyl sites for hydroxylation is 1. The topological polar surface area (TPSA) is 28.2 Å². The Morgan fingerprint density at radius 3 is 2.95 bits per heavy atom. The maximum absolute atomic E-state index is 4.34. The molecule has 0 bridgehead atoms. The van der Waals surface area contributed by atoms with Crippen LogP contribution in [0, 0.1) is 6.92 Å². The van der Waals surface area contributed by atoms with E-state index in [0.29, 0.717) is 6.04 Å². The van der Waals surface area contributed by atoms with Crippen LogP contribution in [0.3, 0.4) is 0 Å². The van der Waals surface area contributed by atoms with Gasteiger partial charge < -0.3 is 5.32 Å². The van der Waals surface area contributed by atoms with E-state index in [-0.39, 0.29) is 0 Å². The predicted molar refractivity (Wildman–Crippen MR) is 79.3 cm³/mol. The fourth-order valence-electron chi connectivity index (χ4n) is 2.56. The smallest absolute Gasteiger partial charge is 0.0897 e. The molecule has 1 aromatic carbocycles. The molecule has 1 aliphatic heterocycles. The molecular formula is C15H19N3S. The molecule has 1 fully saturated rings. The molecule has 1 N–H and O–H groups in total. The zero-order valence-corrected chi connectivity index (χ0v) is 12.0. The van der Waals surface area contributed by atoms with Gasteiger partial charge in [0.1, 0.15) is 0 Å². The summed E-state index contributed by atoms with van der Waals surface area (Å²) in [5, 5.41) is 4.76. The molecular weight excluding hydrogens is 254 g/mol. The van der Waals surface area contributed by atoms with Crippen LogP contribution < -0.4 is 5.32 Å². The van der Waals surface area contributed by atoms with Crippen LogP contribution in [0.5, 0.6) is 0 Å². The van der Waals surface area contributed by atoms with E-state index < -0.39 is 0 Å². The summed E-state index contributed by atoms with van der Waals surface area (Å²) in [5.41, 5.74) is 1.38. The summed E-state index contributed by atoms with van der Waals surface area (Å²) in [5.74, 6) is 0. The van der Waals surface area contributed by atoms with Gasteiger partial charge in [-0.1, -0.05) is 30.3 Å². The van der Waals surface area contributed by atoms with E-state index in [0.717, 1.165) is 31.2 Å². The molecule has 1 aromatic heterocycles. The molecule has 1 saturated heterocycles. The standard InChI is InChI=1S/C15H19N3S/c1-12-17-9-14(19-12)10-18-8-7-16-15(11-18)13-5-3-2-4-6-13/h2-6,9,15-16H,7-8,10-11H2,1H3. The second kappa shape index (κ2) is 5.82. The SMILES string of the molecule is Cc1ncc(CN2CCNC(c3ccccc3)C2)s1. The molecule has 4 heteroatoms. The van der Waals surface area contributed by atoms with Crippen molar-refractivity contribution in [2.45, 2.75) is 19.5 Å². The van der Waals surface area contributed by atoms with Gasteiger partial charge in [-0.05, 0) is 12.5 Å². The lowest BCUT2D eigenvalue weighted by molar-refractivity contribution is 0.194. The van der Waals surface area contributed by atoms with Crippen LogP contribution in [-0.2, 0) is 6.54 Å². The molecule has 19 heavy (non-hydrogen) atoms. The van der Waals surface area contributed by atoms with Gasteiger partial charge in [0.05, 0.1) is 5.01 Å². The van der Waals surface area contributed by atoms with E-state index >= 15 is 0 Å². The van der Waals surface area contributed by atoms with Gasteiger partial charge in [-0.25, -0.2) is 4.98 Å². The predicted octanol–water partition coefficient (Wildman–Crippen LogP) is 2.60. The third-order valence-electron chi connectivity index (χ3n) is 3.51. The van der Waals surface area contributed by atoms with E-state index in [1.807, 2.05) is 6.20 Å². The Labute approximate surface area is 118 Å². The lowest BCUT2D eigenvalue weighted by Gasteiger charge is -2.33. The summed E-state index contributed by atoms with van der Waals surface area (Å²) < 4.78 is 0. The molecule has 3 rings (SSSR count). The molecule has 2 aromatic rings. The second-order valence-corrected chi connectivity index (χ2v) is 6.32. The summed E-state index contributed by atoms with van der Waals surface area (Å²) in [4.78, 5) is 8.22. The molecule has 0 amide bonds. The number of nitrogens with one attached hydrogen (secondary N) is 1. The van der Waals surface area contributed by atoms with Crippen molar-refractivity contribution in [2.75, 3.05) is 19.6 Å². The highest BCUT2D eigenvalue weighted by Gasteiger charge is 2.20. The average Bonchev–Trinajstić information content (AvgIpc) is 2.85. The van der Waals surface area contributed by atoms with E-state index in [1.165, 1.54) is 10.4 Å². The number of piperazine rings is 1. The largest absolute Gasteiger partial charge is 0.308 e. The fraction of sp³-hybridized carbons (Fsp3) is 0.400. The molecule has 0 aliphatic carbocycles. The zero-order valence-electron chi connectivity index (χ0n) is 11.2. The van der Waals surface area contributed by atoms with Gasteiger partial charge in [0.25, 0.3) is 0 Å². The number of rotatable bonds is 3. The first-order valence-electron chi connectivity index (χ1n) is 6.73. The highest BCUT2D eigenvalue weighted by Crippen LogP contribution is 2.20.